The Hall–Kier alpha value is -1.71. The molecule has 4 heteroatoms. The molecule has 0 radical (unpaired) electrons. The zero-order chi connectivity index (χ0) is 18.4. The van der Waals surface area contributed by atoms with Gasteiger partial charge in [0.2, 0.25) is 0 Å². The Morgan fingerprint density at radius 3 is 2.42 bits per heavy atom. The van der Waals surface area contributed by atoms with Crippen LogP contribution in [0.2, 0.25) is 0 Å². The summed E-state index contributed by atoms with van der Waals surface area (Å²) >= 11 is 6.12. The second-order valence-corrected chi connectivity index (χ2v) is 7.36. The first-order valence-corrected chi connectivity index (χ1v) is 9.99. The van der Waals surface area contributed by atoms with Crippen molar-refractivity contribution < 1.29 is 9.84 Å². The second kappa shape index (κ2) is 8.79. The molecule has 2 aromatic rings. The molecule has 26 heavy (non-hydrogen) atoms. The van der Waals surface area contributed by atoms with Crippen LogP contribution in [0.3, 0.4) is 0 Å². The van der Waals surface area contributed by atoms with Gasteiger partial charge < -0.3 is 9.84 Å². The van der Waals surface area contributed by atoms with Gasteiger partial charge in [-0.1, -0.05) is 30.7 Å². The molecule has 140 valence electrons. The van der Waals surface area contributed by atoms with Gasteiger partial charge in [-0.3, -0.25) is 4.90 Å². The summed E-state index contributed by atoms with van der Waals surface area (Å²) in [6.45, 7) is 2.14. The number of halogens is 1. The lowest BCUT2D eigenvalue weighted by Gasteiger charge is -2.47. The van der Waals surface area contributed by atoms with Gasteiger partial charge in [0.25, 0.3) is 0 Å². The van der Waals surface area contributed by atoms with Crippen LogP contribution in [0.4, 0.5) is 0 Å². The molecular formula is C22H28ClNO2. The van der Waals surface area contributed by atoms with Gasteiger partial charge in [-0.25, -0.2) is 0 Å². The molecule has 0 aromatic heterocycles. The lowest BCUT2D eigenvalue weighted by molar-refractivity contribution is 0.0877. The lowest BCUT2D eigenvalue weighted by Crippen LogP contribution is -2.49. The first kappa shape index (κ1) is 19.1. The SMILES string of the molecule is COc1cccc(C(CCCCl)(c2ccc(O)cc2)N2CCCCC2)c1. The van der Waals surface area contributed by atoms with E-state index in [2.05, 4.69) is 35.2 Å². The average molecular weight is 374 g/mol. The van der Waals surface area contributed by atoms with Crippen molar-refractivity contribution in [2.75, 3.05) is 26.1 Å². The minimum Gasteiger partial charge on any atom is -0.508 e. The van der Waals surface area contributed by atoms with E-state index in [9.17, 15) is 5.11 Å². The molecule has 1 fully saturated rings. The fraction of sp³-hybridized carbons (Fsp3) is 0.455. The van der Waals surface area contributed by atoms with Crippen molar-refractivity contribution in [2.24, 2.45) is 0 Å². The number of piperidine rings is 1. The number of nitrogens with zero attached hydrogens (tertiary/aromatic N) is 1. The van der Waals surface area contributed by atoms with Gasteiger partial charge in [0.1, 0.15) is 11.5 Å². The summed E-state index contributed by atoms with van der Waals surface area (Å²) in [7, 11) is 1.71. The quantitative estimate of drug-likeness (QED) is 0.681. The van der Waals surface area contributed by atoms with Gasteiger partial charge in [0.15, 0.2) is 0 Å². The van der Waals surface area contributed by atoms with Crippen molar-refractivity contribution in [3.63, 3.8) is 0 Å². The first-order valence-electron chi connectivity index (χ1n) is 9.46. The van der Waals surface area contributed by atoms with Crippen molar-refractivity contribution in [3.8, 4) is 11.5 Å². The van der Waals surface area contributed by atoms with E-state index in [0.29, 0.717) is 11.6 Å². The van der Waals surface area contributed by atoms with Crippen LogP contribution in [0.15, 0.2) is 48.5 Å². The maximum atomic E-state index is 9.81. The molecule has 2 aromatic carbocycles. The van der Waals surface area contributed by atoms with Gasteiger partial charge in [0, 0.05) is 5.88 Å². The zero-order valence-electron chi connectivity index (χ0n) is 15.5. The Morgan fingerprint density at radius 2 is 1.77 bits per heavy atom. The molecule has 1 saturated heterocycles. The summed E-state index contributed by atoms with van der Waals surface area (Å²) in [6, 6.07) is 16.1. The number of phenols is 1. The molecule has 0 spiro atoms. The first-order chi connectivity index (χ1) is 12.7. The van der Waals surface area contributed by atoms with Crippen molar-refractivity contribution in [1.82, 2.24) is 4.90 Å². The Balaban J connectivity index is 2.16. The monoisotopic (exact) mass is 373 g/mol. The van der Waals surface area contributed by atoms with Crippen LogP contribution >= 0.6 is 11.6 Å². The Kier molecular flexibility index (Phi) is 6.44. The number of likely N-dealkylation sites (tertiary alicyclic amines) is 1. The number of methoxy groups -OCH3 is 1. The number of benzene rings is 2. The van der Waals surface area contributed by atoms with Gasteiger partial charge >= 0.3 is 0 Å². The van der Waals surface area contributed by atoms with Crippen molar-refractivity contribution >= 4 is 11.6 Å². The highest BCUT2D eigenvalue weighted by Crippen LogP contribution is 2.43. The molecule has 1 heterocycles. The van der Waals surface area contributed by atoms with E-state index in [1.165, 1.54) is 30.4 Å². The molecule has 3 rings (SSSR count). The van der Waals surface area contributed by atoms with Crippen LogP contribution < -0.4 is 4.74 Å². The fourth-order valence-corrected chi connectivity index (χ4v) is 4.33. The van der Waals surface area contributed by atoms with Crippen LogP contribution in [0.25, 0.3) is 0 Å². The van der Waals surface area contributed by atoms with Crippen LogP contribution in [0.1, 0.15) is 43.2 Å². The molecule has 3 nitrogen and oxygen atoms in total. The average Bonchev–Trinajstić information content (AvgIpc) is 2.71. The van der Waals surface area contributed by atoms with Crippen LogP contribution in [0.5, 0.6) is 11.5 Å². The Morgan fingerprint density at radius 1 is 1.04 bits per heavy atom. The predicted octanol–water partition coefficient (Wildman–Crippen LogP) is 5.15. The largest absolute Gasteiger partial charge is 0.508 e. The van der Waals surface area contributed by atoms with Crippen molar-refractivity contribution in [2.45, 2.75) is 37.6 Å². The summed E-state index contributed by atoms with van der Waals surface area (Å²) in [5, 5.41) is 9.81. The highest BCUT2D eigenvalue weighted by molar-refractivity contribution is 6.17. The molecule has 1 unspecified atom stereocenters. The van der Waals surface area contributed by atoms with E-state index >= 15 is 0 Å². The number of ether oxygens (including phenoxy) is 1. The molecule has 0 bridgehead atoms. The predicted molar refractivity (Wildman–Crippen MR) is 107 cm³/mol. The molecule has 0 amide bonds. The fourth-order valence-electron chi connectivity index (χ4n) is 4.19. The Bertz CT molecular complexity index is 698. The van der Waals surface area contributed by atoms with E-state index in [1.807, 2.05) is 6.07 Å². The maximum absolute atomic E-state index is 9.81. The lowest BCUT2D eigenvalue weighted by atomic mass is 9.76. The van der Waals surface area contributed by atoms with Crippen LogP contribution in [0, 0.1) is 0 Å². The topological polar surface area (TPSA) is 32.7 Å². The molecular weight excluding hydrogens is 346 g/mol. The number of hydrogen-bond acceptors (Lipinski definition) is 3. The molecule has 1 atom stereocenters. The van der Waals surface area contributed by atoms with Crippen molar-refractivity contribution in [1.29, 1.82) is 0 Å². The number of hydrogen-bond donors (Lipinski definition) is 1. The van der Waals surface area contributed by atoms with E-state index in [1.54, 1.807) is 19.2 Å². The molecule has 1 aliphatic heterocycles. The van der Waals surface area contributed by atoms with Crippen molar-refractivity contribution in [3.05, 3.63) is 59.7 Å². The zero-order valence-corrected chi connectivity index (χ0v) is 16.2. The highest BCUT2D eigenvalue weighted by Gasteiger charge is 2.40. The van der Waals surface area contributed by atoms with E-state index in [0.717, 1.165) is 31.7 Å². The van der Waals surface area contributed by atoms with Crippen LogP contribution in [-0.4, -0.2) is 36.1 Å². The smallest absolute Gasteiger partial charge is 0.119 e. The standard InChI is InChI=1S/C22H28ClNO2/c1-26-21-8-5-7-19(17-21)22(13-6-14-23,24-15-3-2-4-16-24)18-9-11-20(25)12-10-18/h5,7-12,17,25H,2-4,6,13-16H2,1H3. The molecule has 1 N–H and O–H groups in total. The van der Waals surface area contributed by atoms with E-state index in [-0.39, 0.29) is 5.54 Å². The summed E-state index contributed by atoms with van der Waals surface area (Å²) in [4.78, 5) is 2.60. The highest BCUT2D eigenvalue weighted by atomic mass is 35.5. The number of rotatable bonds is 7. The molecule has 0 aliphatic carbocycles. The third kappa shape index (κ3) is 3.84. The minimum absolute atomic E-state index is 0.252. The third-order valence-electron chi connectivity index (χ3n) is 5.46. The maximum Gasteiger partial charge on any atom is 0.119 e. The summed E-state index contributed by atoms with van der Waals surface area (Å²) < 4.78 is 5.51. The Labute approximate surface area is 161 Å². The second-order valence-electron chi connectivity index (χ2n) is 6.98. The van der Waals surface area contributed by atoms with Crippen LogP contribution in [-0.2, 0) is 5.54 Å². The number of aromatic hydroxyl groups is 1. The van der Waals surface area contributed by atoms with Gasteiger partial charge in [0.05, 0.1) is 12.6 Å². The molecule has 1 aliphatic rings. The van der Waals surface area contributed by atoms with Gasteiger partial charge in [-0.15, -0.1) is 11.6 Å². The normalized spacial score (nSPS) is 17.6. The number of phenolic OH excluding ortho intramolecular Hbond substituents is 1. The number of alkyl halides is 1. The molecule has 0 saturated carbocycles. The van der Waals surface area contributed by atoms with E-state index < -0.39 is 0 Å². The van der Waals surface area contributed by atoms with Gasteiger partial charge in [-0.2, -0.15) is 0 Å². The minimum atomic E-state index is -0.252. The summed E-state index contributed by atoms with van der Waals surface area (Å²) in [5.41, 5.74) is 2.18. The van der Waals surface area contributed by atoms with E-state index in [4.69, 9.17) is 16.3 Å². The summed E-state index contributed by atoms with van der Waals surface area (Å²) in [5.74, 6) is 1.80. The summed E-state index contributed by atoms with van der Waals surface area (Å²) in [6.07, 6.45) is 5.58. The van der Waals surface area contributed by atoms with Gasteiger partial charge in [-0.05, 0) is 74.2 Å². The third-order valence-corrected chi connectivity index (χ3v) is 5.73.